The van der Waals surface area contributed by atoms with Crippen LogP contribution in [0.1, 0.15) is 23.1 Å². The summed E-state index contributed by atoms with van der Waals surface area (Å²) in [4.78, 5) is 0. The minimum atomic E-state index is 0.733. The summed E-state index contributed by atoms with van der Waals surface area (Å²) in [6.07, 6.45) is 4.46. The molecule has 1 heterocycles. The number of benzene rings is 8. The van der Waals surface area contributed by atoms with E-state index in [4.69, 9.17) is 4.74 Å². The zero-order chi connectivity index (χ0) is 30.5. The number of ether oxygens (including phenoxy) is 1. The second kappa shape index (κ2) is 11.2. The Hall–Kier alpha value is -5.40. The van der Waals surface area contributed by atoms with Crippen LogP contribution >= 0.6 is 0 Å². The van der Waals surface area contributed by atoms with Crippen LogP contribution in [-0.2, 0) is 19.3 Å². The molecule has 8 aromatic rings. The third-order valence-electron chi connectivity index (χ3n) is 9.93. The number of fused-ring (bicyclic) bond motifs is 7. The molecule has 1 nitrogen and oxygen atoms in total. The van der Waals surface area contributed by atoms with Crippen LogP contribution in [0.15, 0.2) is 146 Å². The Balaban J connectivity index is 0.000000127. The smallest absolute Gasteiger partial charge is 0.127 e. The highest BCUT2D eigenvalue weighted by Crippen LogP contribution is 2.42. The minimum Gasteiger partial charge on any atom is -0.493 e. The quantitative estimate of drug-likeness (QED) is 0.171. The van der Waals surface area contributed by atoms with Gasteiger partial charge in [-0.1, -0.05) is 133 Å². The highest BCUT2D eigenvalue weighted by atomic mass is 16.5. The number of rotatable bonds is 0. The first-order valence-corrected chi connectivity index (χ1v) is 16.5. The molecule has 0 radical (unpaired) electrons. The zero-order valence-corrected chi connectivity index (χ0v) is 25.8. The van der Waals surface area contributed by atoms with Gasteiger partial charge in [-0.05, 0) is 108 Å². The SMILES string of the molecule is c1cc2c3c(cccc3c1)-c1cccc3cccc(c13)CCC2.c1ccc2cc3c(cc2c1)CCOc1ccc2ccccc2c1-3. The lowest BCUT2D eigenvalue weighted by Crippen LogP contribution is -1.98. The van der Waals surface area contributed by atoms with Gasteiger partial charge in [0.25, 0.3) is 0 Å². The minimum absolute atomic E-state index is 0.733. The molecule has 220 valence electrons. The maximum Gasteiger partial charge on any atom is 0.127 e. The van der Waals surface area contributed by atoms with Crippen molar-refractivity contribution in [3.63, 3.8) is 0 Å². The maximum absolute atomic E-state index is 6.07. The Morgan fingerprint density at radius 1 is 0.391 bits per heavy atom. The summed E-state index contributed by atoms with van der Waals surface area (Å²) < 4.78 is 6.07. The second-order valence-electron chi connectivity index (χ2n) is 12.6. The van der Waals surface area contributed by atoms with Gasteiger partial charge in [0.2, 0.25) is 0 Å². The molecule has 10 rings (SSSR count). The molecule has 0 bridgehead atoms. The van der Waals surface area contributed by atoms with E-state index in [0.29, 0.717) is 0 Å². The molecule has 0 saturated heterocycles. The van der Waals surface area contributed by atoms with Crippen molar-refractivity contribution in [3.8, 4) is 28.0 Å². The fraction of sp³-hybridized carbons (Fsp3) is 0.111. The average Bonchev–Trinajstić information content (AvgIpc) is 3.25. The Morgan fingerprint density at radius 3 is 1.63 bits per heavy atom. The summed E-state index contributed by atoms with van der Waals surface area (Å²) in [5.74, 6) is 0.998. The molecule has 1 aliphatic carbocycles. The van der Waals surface area contributed by atoms with E-state index in [0.717, 1.165) is 31.6 Å². The van der Waals surface area contributed by atoms with Crippen LogP contribution < -0.4 is 4.74 Å². The van der Waals surface area contributed by atoms with Crippen LogP contribution in [0.4, 0.5) is 0 Å². The Kier molecular flexibility index (Phi) is 6.56. The molecule has 1 heteroatoms. The van der Waals surface area contributed by atoms with E-state index in [1.165, 1.54) is 88.5 Å². The first-order valence-electron chi connectivity index (χ1n) is 16.5. The lowest BCUT2D eigenvalue weighted by atomic mass is 9.90. The van der Waals surface area contributed by atoms with Gasteiger partial charge in [0.1, 0.15) is 5.75 Å². The molecule has 8 aromatic carbocycles. The maximum atomic E-state index is 6.07. The number of hydrogen-bond acceptors (Lipinski definition) is 1. The molecule has 1 aliphatic heterocycles. The van der Waals surface area contributed by atoms with E-state index in [9.17, 15) is 0 Å². The molecule has 0 amide bonds. The fourth-order valence-electron chi connectivity index (χ4n) is 7.82. The van der Waals surface area contributed by atoms with Gasteiger partial charge in [-0.15, -0.1) is 0 Å². The van der Waals surface area contributed by atoms with Crippen LogP contribution in [-0.4, -0.2) is 6.61 Å². The van der Waals surface area contributed by atoms with E-state index >= 15 is 0 Å². The van der Waals surface area contributed by atoms with Crippen LogP contribution in [0.3, 0.4) is 0 Å². The van der Waals surface area contributed by atoms with Gasteiger partial charge in [0.15, 0.2) is 0 Å². The van der Waals surface area contributed by atoms with Crippen LogP contribution in [0.5, 0.6) is 5.75 Å². The van der Waals surface area contributed by atoms with Crippen molar-refractivity contribution in [3.05, 3.63) is 162 Å². The van der Waals surface area contributed by atoms with Crippen LogP contribution in [0, 0.1) is 0 Å². The van der Waals surface area contributed by atoms with E-state index < -0.39 is 0 Å². The molecular formula is C45H34O. The van der Waals surface area contributed by atoms with Crippen molar-refractivity contribution in [1.29, 1.82) is 0 Å². The van der Waals surface area contributed by atoms with Gasteiger partial charge in [-0.3, -0.25) is 0 Å². The summed E-state index contributed by atoms with van der Waals surface area (Å²) >= 11 is 0. The molecule has 0 fully saturated rings. The monoisotopic (exact) mass is 590 g/mol. The normalized spacial score (nSPS) is 13.4. The largest absolute Gasteiger partial charge is 0.493 e. The Morgan fingerprint density at radius 2 is 0.957 bits per heavy atom. The van der Waals surface area contributed by atoms with E-state index in [1.54, 1.807) is 0 Å². The Labute approximate surface area is 269 Å². The Bertz CT molecular complexity index is 2340. The third kappa shape index (κ3) is 4.54. The summed E-state index contributed by atoms with van der Waals surface area (Å²) in [6, 6.07) is 53.0. The predicted octanol–water partition coefficient (Wildman–Crippen LogP) is 11.7. The van der Waals surface area contributed by atoms with Crippen molar-refractivity contribution < 1.29 is 4.74 Å². The topological polar surface area (TPSA) is 9.23 Å². The molecule has 0 N–H and O–H groups in total. The van der Waals surface area contributed by atoms with Gasteiger partial charge < -0.3 is 4.74 Å². The number of aryl methyl sites for hydroxylation is 2. The van der Waals surface area contributed by atoms with Gasteiger partial charge in [-0.25, -0.2) is 0 Å². The third-order valence-corrected chi connectivity index (χ3v) is 9.93. The molecule has 2 aliphatic rings. The summed E-state index contributed by atoms with van der Waals surface area (Å²) in [6.45, 7) is 0.733. The highest BCUT2D eigenvalue weighted by Gasteiger charge is 2.19. The molecule has 0 atom stereocenters. The first-order chi connectivity index (χ1) is 22.8. The summed E-state index contributed by atoms with van der Waals surface area (Å²) in [5, 5.41) is 10.7. The molecule has 46 heavy (non-hydrogen) atoms. The van der Waals surface area contributed by atoms with Crippen molar-refractivity contribution >= 4 is 43.1 Å². The van der Waals surface area contributed by atoms with Crippen LogP contribution in [0.2, 0.25) is 0 Å². The molecule has 0 unspecified atom stereocenters. The molecular weight excluding hydrogens is 556 g/mol. The lowest BCUT2D eigenvalue weighted by molar-refractivity contribution is 0.327. The van der Waals surface area contributed by atoms with Gasteiger partial charge in [0, 0.05) is 12.0 Å². The van der Waals surface area contributed by atoms with Crippen molar-refractivity contribution in [2.24, 2.45) is 0 Å². The predicted molar refractivity (Wildman–Crippen MR) is 195 cm³/mol. The highest BCUT2D eigenvalue weighted by molar-refractivity contribution is 6.08. The second-order valence-corrected chi connectivity index (χ2v) is 12.6. The van der Waals surface area contributed by atoms with Gasteiger partial charge in [-0.2, -0.15) is 0 Å². The molecule has 0 spiro atoms. The molecule has 0 saturated carbocycles. The summed E-state index contributed by atoms with van der Waals surface area (Å²) in [5.41, 5.74) is 9.68. The standard InChI is InChI=1S/C23H18.C22H16O/c1-6-16-8-2-10-18-12-4-14-20(22(16)18)21-15-5-13-19-11-3-9-17(7-1)23(19)21;1-2-7-17-14-20-18(13-16(17)6-1)11-12-23-21-10-9-15-5-3-4-8-19(15)22(20)21/h2-5,8-15H,1,6-7H2;1-10,13-14H,11-12H2. The van der Waals surface area contributed by atoms with E-state index in [2.05, 4.69) is 146 Å². The number of hydrogen-bond donors (Lipinski definition) is 0. The van der Waals surface area contributed by atoms with Gasteiger partial charge in [0.05, 0.1) is 6.61 Å². The van der Waals surface area contributed by atoms with Crippen molar-refractivity contribution in [2.75, 3.05) is 6.61 Å². The lowest BCUT2D eigenvalue weighted by Gasteiger charge is -2.13. The van der Waals surface area contributed by atoms with E-state index in [-0.39, 0.29) is 0 Å². The average molecular weight is 591 g/mol. The first kappa shape index (κ1) is 27.0. The fourth-order valence-corrected chi connectivity index (χ4v) is 7.82. The van der Waals surface area contributed by atoms with E-state index in [1.807, 2.05) is 0 Å². The van der Waals surface area contributed by atoms with Crippen molar-refractivity contribution in [2.45, 2.75) is 25.7 Å². The zero-order valence-electron chi connectivity index (χ0n) is 25.8. The van der Waals surface area contributed by atoms with Crippen molar-refractivity contribution in [1.82, 2.24) is 0 Å². The van der Waals surface area contributed by atoms with Crippen LogP contribution in [0.25, 0.3) is 65.3 Å². The molecule has 0 aromatic heterocycles. The van der Waals surface area contributed by atoms with Gasteiger partial charge >= 0.3 is 0 Å². The summed E-state index contributed by atoms with van der Waals surface area (Å²) in [7, 11) is 0.